The molecule has 2 rings (SSSR count). The van der Waals surface area contributed by atoms with Crippen LogP contribution in [-0.2, 0) is 0 Å². The van der Waals surface area contributed by atoms with E-state index in [2.05, 4.69) is 30.8 Å². The summed E-state index contributed by atoms with van der Waals surface area (Å²) in [6.45, 7) is 3.93. The van der Waals surface area contributed by atoms with Crippen molar-refractivity contribution in [3.8, 4) is 5.75 Å². The lowest BCUT2D eigenvalue weighted by molar-refractivity contribution is -0.0499. The molecule has 1 fully saturated rings. The van der Waals surface area contributed by atoms with Crippen molar-refractivity contribution in [1.82, 2.24) is 5.32 Å². The first-order valence-corrected chi connectivity index (χ1v) is 7.66. The molecule has 21 heavy (non-hydrogen) atoms. The van der Waals surface area contributed by atoms with E-state index in [9.17, 15) is 8.78 Å². The Morgan fingerprint density at radius 2 is 1.90 bits per heavy atom. The highest BCUT2D eigenvalue weighted by Crippen LogP contribution is 2.35. The van der Waals surface area contributed by atoms with E-state index in [4.69, 9.17) is 0 Å². The summed E-state index contributed by atoms with van der Waals surface area (Å²) in [5.74, 6) is 0.223. The molecule has 0 heterocycles. The van der Waals surface area contributed by atoms with Gasteiger partial charge in [0.05, 0.1) is 0 Å². The summed E-state index contributed by atoms with van der Waals surface area (Å²) in [6, 6.07) is 7.60. The monoisotopic (exact) mass is 297 g/mol. The summed E-state index contributed by atoms with van der Waals surface area (Å²) in [5.41, 5.74) is 1.44. The van der Waals surface area contributed by atoms with Gasteiger partial charge < -0.3 is 10.1 Å². The predicted octanol–water partition coefficient (Wildman–Crippen LogP) is 4.91. The van der Waals surface area contributed by atoms with Crippen molar-refractivity contribution in [2.45, 2.75) is 65.1 Å². The number of halogens is 2. The molecule has 1 N–H and O–H groups in total. The molecule has 0 aromatic heterocycles. The first-order valence-electron chi connectivity index (χ1n) is 7.66. The lowest BCUT2D eigenvalue weighted by atomic mass is 9.75. The van der Waals surface area contributed by atoms with Gasteiger partial charge in [0.1, 0.15) is 5.75 Å². The number of alkyl halides is 2. The van der Waals surface area contributed by atoms with Crippen molar-refractivity contribution in [1.29, 1.82) is 0 Å². The summed E-state index contributed by atoms with van der Waals surface area (Å²) < 4.78 is 29.0. The maximum atomic E-state index is 12.3. The number of ether oxygens (including phenoxy) is 1. The van der Waals surface area contributed by atoms with Gasteiger partial charge in [0, 0.05) is 12.1 Å². The fraction of sp³-hybridized carbons (Fsp3) is 0.647. The van der Waals surface area contributed by atoms with Gasteiger partial charge in [0.25, 0.3) is 0 Å². The van der Waals surface area contributed by atoms with Gasteiger partial charge in [-0.25, -0.2) is 0 Å². The highest BCUT2D eigenvalue weighted by molar-refractivity contribution is 5.30. The normalized spacial score (nSPS) is 20.5. The molecule has 1 aliphatic carbocycles. The molecule has 1 atom stereocenters. The Kier molecular flexibility index (Phi) is 5.20. The SMILES string of the molecule is CC(NC1CCC(C)(C)CC1)c1cccc(OC(F)F)c1. The maximum absolute atomic E-state index is 12.3. The van der Waals surface area contributed by atoms with E-state index < -0.39 is 6.61 Å². The van der Waals surface area contributed by atoms with Crippen LogP contribution >= 0.6 is 0 Å². The third kappa shape index (κ3) is 4.95. The molecule has 2 nitrogen and oxygen atoms in total. The Morgan fingerprint density at radius 3 is 2.52 bits per heavy atom. The second-order valence-electron chi connectivity index (χ2n) is 6.78. The summed E-state index contributed by atoms with van der Waals surface area (Å²) in [6.07, 6.45) is 4.80. The molecule has 1 aliphatic rings. The topological polar surface area (TPSA) is 21.3 Å². The average molecular weight is 297 g/mol. The molecule has 0 spiro atoms. The molecule has 4 heteroatoms. The largest absolute Gasteiger partial charge is 0.435 e. The molecule has 118 valence electrons. The zero-order chi connectivity index (χ0) is 15.5. The second kappa shape index (κ2) is 6.73. The third-order valence-electron chi connectivity index (χ3n) is 4.41. The van der Waals surface area contributed by atoms with Crippen LogP contribution in [0.2, 0.25) is 0 Å². The Bertz CT molecular complexity index is 452. The summed E-state index contributed by atoms with van der Waals surface area (Å²) >= 11 is 0. The predicted molar refractivity (Wildman–Crippen MR) is 80.7 cm³/mol. The highest BCUT2D eigenvalue weighted by Gasteiger charge is 2.27. The number of rotatable bonds is 5. The Hall–Kier alpha value is -1.16. The standard InChI is InChI=1S/C17H25F2NO/c1-12(20-14-7-9-17(2,3)10-8-14)13-5-4-6-15(11-13)21-16(18)19/h4-6,11-12,14,16,20H,7-10H2,1-3H3. The Morgan fingerprint density at radius 1 is 1.24 bits per heavy atom. The number of hydrogen-bond donors (Lipinski definition) is 1. The van der Waals surface area contributed by atoms with E-state index in [0.717, 1.165) is 5.56 Å². The van der Waals surface area contributed by atoms with E-state index >= 15 is 0 Å². The van der Waals surface area contributed by atoms with E-state index in [1.54, 1.807) is 18.2 Å². The van der Waals surface area contributed by atoms with Crippen molar-refractivity contribution >= 4 is 0 Å². The van der Waals surface area contributed by atoms with E-state index in [1.807, 2.05) is 6.07 Å². The van der Waals surface area contributed by atoms with E-state index in [-0.39, 0.29) is 11.8 Å². The maximum Gasteiger partial charge on any atom is 0.387 e. The van der Waals surface area contributed by atoms with Gasteiger partial charge in [-0.2, -0.15) is 8.78 Å². The summed E-state index contributed by atoms with van der Waals surface area (Å²) in [4.78, 5) is 0. The summed E-state index contributed by atoms with van der Waals surface area (Å²) in [5, 5.41) is 3.61. The van der Waals surface area contributed by atoms with Gasteiger partial charge in [-0.1, -0.05) is 26.0 Å². The first-order chi connectivity index (χ1) is 9.85. The lowest BCUT2D eigenvalue weighted by Gasteiger charge is -2.36. The molecule has 1 saturated carbocycles. The number of nitrogens with one attached hydrogen (secondary N) is 1. The van der Waals surface area contributed by atoms with Gasteiger partial charge in [0.2, 0.25) is 0 Å². The minimum atomic E-state index is -2.77. The first kappa shape index (κ1) is 16.2. The molecule has 0 amide bonds. The van der Waals surface area contributed by atoms with Crippen LogP contribution in [0.3, 0.4) is 0 Å². The fourth-order valence-electron chi connectivity index (χ4n) is 2.98. The Balaban J connectivity index is 1.92. The van der Waals surface area contributed by atoms with Crippen LogP contribution in [0.15, 0.2) is 24.3 Å². The molecular formula is C17H25F2NO. The Labute approximate surface area is 125 Å². The molecule has 1 unspecified atom stereocenters. The van der Waals surface area contributed by atoms with Crippen molar-refractivity contribution < 1.29 is 13.5 Å². The average Bonchev–Trinajstić information content (AvgIpc) is 2.41. The van der Waals surface area contributed by atoms with Crippen molar-refractivity contribution in [3.05, 3.63) is 29.8 Å². The smallest absolute Gasteiger partial charge is 0.387 e. The van der Waals surface area contributed by atoms with E-state index in [1.165, 1.54) is 25.7 Å². The van der Waals surface area contributed by atoms with Crippen LogP contribution in [0.25, 0.3) is 0 Å². The minimum absolute atomic E-state index is 0.137. The fourth-order valence-corrected chi connectivity index (χ4v) is 2.98. The van der Waals surface area contributed by atoms with Gasteiger partial charge in [-0.15, -0.1) is 0 Å². The van der Waals surface area contributed by atoms with Gasteiger partial charge >= 0.3 is 6.61 Å². The molecule has 0 saturated heterocycles. The zero-order valence-electron chi connectivity index (χ0n) is 13.0. The van der Waals surface area contributed by atoms with Crippen LogP contribution in [0, 0.1) is 5.41 Å². The molecule has 0 aliphatic heterocycles. The van der Waals surface area contributed by atoms with Crippen molar-refractivity contribution in [2.75, 3.05) is 0 Å². The lowest BCUT2D eigenvalue weighted by Crippen LogP contribution is -2.37. The molecule has 0 bridgehead atoms. The van der Waals surface area contributed by atoms with Gasteiger partial charge in [0.15, 0.2) is 0 Å². The molecular weight excluding hydrogens is 272 g/mol. The third-order valence-corrected chi connectivity index (χ3v) is 4.41. The van der Waals surface area contributed by atoms with Crippen molar-refractivity contribution in [3.63, 3.8) is 0 Å². The number of benzene rings is 1. The van der Waals surface area contributed by atoms with Gasteiger partial charge in [-0.3, -0.25) is 0 Å². The molecule has 0 radical (unpaired) electrons. The van der Waals surface area contributed by atoms with E-state index in [0.29, 0.717) is 11.5 Å². The van der Waals surface area contributed by atoms with Crippen LogP contribution in [-0.4, -0.2) is 12.7 Å². The zero-order valence-corrected chi connectivity index (χ0v) is 13.0. The van der Waals surface area contributed by atoms with Crippen LogP contribution in [0.1, 0.15) is 58.1 Å². The molecule has 1 aromatic carbocycles. The van der Waals surface area contributed by atoms with Crippen molar-refractivity contribution in [2.24, 2.45) is 5.41 Å². The van der Waals surface area contributed by atoms with Gasteiger partial charge in [-0.05, 0) is 55.7 Å². The second-order valence-corrected chi connectivity index (χ2v) is 6.78. The van der Waals surface area contributed by atoms with Crippen LogP contribution in [0.4, 0.5) is 8.78 Å². The number of hydrogen-bond acceptors (Lipinski definition) is 2. The van der Waals surface area contributed by atoms with Crippen LogP contribution in [0.5, 0.6) is 5.75 Å². The molecule has 1 aromatic rings. The quantitative estimate of drug-likeness (QED) is 0.834. The minimum Gasteiger partial charge on any atom is -0.435 e. The van der Waals surface area contributed by atoms with Crippen LogP contribution < -0.4 is 10.1 Å². The summed E-state index contributed by atoms with van der Waals surface area (Å²) in [7, 11) is 0. The highest BCUT2D eigenvalue weighted by atomic mass is 19.3.